The van der Waals surface area contributed by atoms with Crippen molar-refractivity contribution in [2.45, 2.75) is 58.2 Å². The molecule has 11 nitrogen and oxygen atoms in total. The Morgan fingerprint density at radius 2 is 1.93 bits per heavy atom. The lowest BCUT2D eigenvalue weighted by atomic mass is 10.0. The quantitative estimate of drug-likeness (QED) is 0.281. The van der Waals surface area contributed by atoms with E-state index in [0.717, 1.165) is 24.2 Å². The van der Waals surface area contributed by atoms with E-state index in [2.05, 4.69) is 29.1 Å². The smallest absolute Gasteiger partial charge is 0.410 e. The van der Waals surface area contributed by atoms with Crippen molar-refractivity contribution in [1.82, 2.24) is 24.8 Å². The average Bonchev–Trinajstić information content (AvgIpc) is 3.33. The Balaban J connectivity index is 1.48. The minimum atomic E-state index is -0.684. The Hall–Kier alpha value is -3.35. The molecule has 3 heterocycles. The van der Waals surface area contributed by atoms with Gasteiger partial charge in [-0.25, -0.2) is 24.8 Å². The molecule has 1 fully saturated rings. The summed E-state index contributed by atoms with van der Waals surface area (Å²) in [5.41, 5.74) is 2.27. The Labute approximate surface area is 255 Å². The number of piperidine rings is 1. The Morgan fingerprint density at radius 3 is 2.65 bits per heavy atom. The number of carbonyl (C=O) groups is 2. The summed E-state index contributed by atoms with van der Waals surface area (Å²) in [5.74, 6) is 0.991. The molecule has 1 N–H and O–H groups in total. The number of benzene rings is 1. The topological polar surface area (TPSA) is 117 Å². The maximum absolute atomic E-state index is 13.3. The molecule has 0 unspecified atom stereocenters. The summed E-state index contributed by atoms with van der Waals surface area (Å²) in [7, 11) is 0.909. The van der Waals surface area contributed by atoms with Crippen molar-refractivity contribution in [3.05, 3.63) is 53.9 Å². The fraction of sp³-hybridized carbons (Fsp3) is 0.548. The van der Waals surface area contributed by atoms with Crippen molar-refractivity contribution < 1.29 is 28.5 Å². The number of methoxy groups -OCH3 is 1. The summed E-state index contributed by atoms with van der Waals surface area (Å²) in [4.78, 5) is 37.2. The largest absolute Gasteiger partial charge is 0.471 e. The molecule has 3 atom stereocenters. The SMILES string of the molecule is COC[C@H](C)NC(=O)c1cn(COCCS(C)(C)C)c2ncc(O[C@H]3CC[C@@H](C)N(C(=O)OCc4ccccc4)C3)nc12. The number of carbonyl (C=O) groups excluding carboxylic acids is 2. The van der Waals surface area contributed by atoms with Gasteiger partial charge in [0.25, 0.3) is 5.91 Å². The maximum Gasteiger partial charge on any atom is 0.410 e. The molecular weight excluding hydrogens is 570 g/mol. The third-order valence-electron chi connectivity index (χ3n) is 7.22. The van der Waals surface area contributed by atoms with Crippen molar-refractivity contribution in [2.75, 3.05) is 51.4 Å². The number of hydrogen-bond donors (Lipinski definition) is 1. The summed E-state index contributed by atoms with van der Waals surface area (Å²) in [5, 5.41) is 2.96. The zero-order chi connectivity index (χ0) is 31.0. The molecule has 0 aliphatic carbocycles. The zero-order valence-corrected chi connectivity index (χ0v) is 26.9. The number of hydrogen-bond acceptors (Lipinski definition) is 8. The molecule has 0 spiro atoms. The minimum absolute atomic E-state index is 0.0231. The normalized spacial score (nSPS) is 18.3. The summed E-state index contributed by atoms with van der Waals surface area (Å²) in [6, 6.07) is 9.44. The summed E-state index contributed by atoms with van der Waals surface area (Å²) in [6.45, 7) is 5.71. The predicted molar refractivity (Wildman–Crippen MR) is 169 cm³/mol. The summed E-state index contributed by atoms with van der Waals surface area (Å²) >= 11 is 0. The number of nitrogens with zero attached hydrogens (tertiary/aromatic N) is 4. The van der Waals surface area contributed by atoms with Gasteiger partial charge in [0.1, 0.15) is 25.0 Å². The highest BCUT2D eigenvalue weighted by Crippen LogP contribution is 2.33. The molecule has 0 bridgehead atoms. The van der Waals surface area contributed by atoms with Gasteiger partial charge in [0.2, 0.25) is 5.88 Å². The highest BCUT2D eigenvalue weighted by atomic mass is 32.3. The van der Waals surface area contributed by atoms with Crippen LogP contribution in [0, 0.1) is 0 Å². The number of nitrogens with one attached hydrogen (secondary N) is 1. The van der Waals surface area contributed by atoms with Gasteiger partial charge in [-0.1, -0.05) is 30.3 Å². The van der Waals surface area contributed by atoms with Crippen molar-refractivity contribution in [3.63, 3.8) is 0 Å². The molecule has 0 saturated carbocycles. The zero-order valence-electron chi connectivity index (χ0n) is 26.1. The summed E-state index contributed by atoms with van der Waals surface area (Å²) in [6.07, 6.45) is 10.9. The van der Waals surface area contributed by atoms with Crippen LogP contribution in [-0.2, 0) is 27.5 Å². The van der Waals surface area contributed by atoms with Gasteiger partial charge < -0.3 is 33.7 Å². The molecule has 2 aromatic heterocycles. The maximum atomic E-state index is 13.3. The lowest BCUT2D eigenvalue weighted by molar-refractivity contribution is 0.0324. The second-order valence-electron chi connectivity index (χ2n) is 11.9. The van der Waals surface area contributed by atoms with Crippen molar-refractivity contribution in [1.29, 1.82) is 0 Å². The van der Waals surface area contributed by atoms with Crippen molar-refractivity contribution in [2.24, 2.45) is 0 Å². The summed E-state index contributed by atoms with van der Waals surface area (Å²) < 4.78 is 24.7. The molecule has 2 amide bonds. The van der Waals surface area contributed by atoms with E-state index in [1.165, 1.54) is 0 Å². The highest BCUT2D eigenvalue weighted by Gasteiger charge is 2.32. The van der Waals surface area contributed by atoms with E-state index >= 15 is 0 Å². The third-order valence-corrected chi connectivity index (χ3v) is 8.61. The van der Waals surface area contributed by atoms with E-state index < -0.39 is 10.0 Å². The van der Waals surface area contributed by atoms with E-state index in [9.17, 15) is 9.59 Å². The molecule has 1 saturated heterocycles. The molecule has 3 aromatic rings. The molecule has 0 radical (unpaired) electrons. The minimum Gasteiger partial charge on any atom is -0.471 e. The van der Waals surface area contributed by atoms with E-state index in [1.807, 2.05) is 44.2 Å². The van der Waals surface area contributed by atoms with E-state index in [-0.39, 0.29) is 43.5 Å². The van der Waals surface area contributed by atoms with Crippen LogP contribution < -0.4 is 10.1 Å². The number of fused-ring (bicyclic) bond motifs is 1. The van der Waals surface area contributed by atoms with Crippen LogP contribution in [0.25, 0.3) is 11.2 Å². The average molecular weight is 616 g/mol. The van der Waals surface area contributed by atoms with E-state index in [1.54, 1.807) is 29.0 Å². The number of aromatic nitrogens is 3. The first-order valence-corrected chi connectivity index (χ1v) is 17.6. The van der Waals surface area contributed by atoms with Gasteiger partial charge >= 0.3 is 6.09 Å². The number of rotatable bonds is 13. The van der Waals surface area contributed by atoms with Gasteiger partial charge in [-0.2, -0.15) is 0 Å². The molecule has 12 heteroatoms. The van der Waals surface area contributed by atoms with Crippen LogP contribution in [0.1, 0.15) is 42.6 Å². The van der Waals surface area contributed by atoms with Gasteiger partial charge in [-0.05, 0) is 51.0 Å². The Bertz CT molecular complexity index is 1360. The van der Waals surface area contributed by atoms with Gasteiger partial charge in [0.05, 0.1) is 31.5 Å². The number of amides is 2. The molecule has 4 rings (SSSR count). The molecular formula is C31H45N5O6S. The lowest BCUT2D eigenvalue weighted by Gasteiger charge is -2.36. The van der Waals surface area contributed by atoms with E-state index in [0.29, 0.717) is 42.4 Å². The second kappa shape index (κ2) is 14.9. The monoisotopic (exact) mass is 615 g/mol. The van der Waals surface area contributed by atoms with Crippen LogP contribution in [-0.4, -0.2) is 101 Å². The molecule has 236 valence electrons. The number of likely N-dealkylation sites (tertiary alicyclic amines) is 1. The lowest BCUT2D eigenvalue weighted by Crippen LogP contribution is -2.49. The first kappa shape index (κ1) is 32.6. The molecule has 1 aliphatic rings. The molecule has 1 aromatic carbocycles. The van der Waals surface area contributed by atoms with Crippen molar-refractivity contribution in [3.8, 4) is 5.88 Å². The molecule has 1 aliphatic heterocycles. The highest BCUT2D eigenvalue weighted by molar-refractivity contribution is 8.32. The van der Waals surface area contributed by atoms with E-state index in [4.69, 9.17) is 23.9 Å². The van der Waals surface area contributed by atoms with Gasteiger partial charge in [0, 0.05) is 31.1 Å². The molecule has 43 heavy (non-hydrogen) atoms. The fourth-order valence-electron chi connectivity index (χ4n) is 4.82. The Morgan fingerprint density at radius 1 is 1.16 bits per heavy atom. The first-order chi connectivity index (χ1) is 20.5. The fourth-order valence-corrected chi connectivity index (χ4v) is 5.44. The van der Waals surface area contributed by atoms with Crippen LogP contribution in [0.4, 0.5) is 4.79 Å². The third kappa shape index (κ3) is 9.32. The van der Waals surface area contributed by atoms with Gasteiger partial charge in [-0.3, -0.25) is 4.79 Å². The van der Waals surface area contributed by atoms with Crippen molar-refractivity contribution >= 4 is 33.2 Å². The van der Waals surface area contributed by atoms with Crippen LogP contribution in [0.2, 0.25) is 0 Å². The first-order valence-electron chi connectivity index (χ1n) is 14.6. The van der Waals surface area contributed by atoms with Crippen LogP contribution in [0.5, 0.6) is 5.88 Å². The second-order valence-corrected chi connectivity index (χ2v) is 16.5. The predicted octanol–water partition coefficient (Wildman–Crippen LogP) is 4.43. The van der Waals surface area contributed by atoms with Crippen LogP contribution in [0.15, 0.2) is 42.7 Å². The van der Waals surface area contributed by atoms with Crippen LogP contribution >= 0.6 is 10.0 Å². The Kier molecular flexibility index (Phi) is 11.3. The van der Waals surface area contributed by atoms with Gasteiger partial charge in [0.15, 0.2) is 5.65 Å². The standard InChI is InChI=1S/C31H45N5O6S/c1-22(19-39-3)33-30(37)26-18-35(21-40-14-15-43(4,5)6)29-28(26)34-27(16-32-29)42-25-13-12-23(2)36(17-25)31(38)41-20-24-10-8-7-9-11-24/h7-11,16,18,22-23,25H,12-15,17,19-21H2,1-6H3,(H,33,37)/t22-,23+,25-/m0/s1. The van der Waals surface area contributed by atoms with Gasteiger partial charge in [-0.15, -0.1) is 0 Å². The van der Waals surface area contributed by atoms with Crippen LogP contribution in [0.3, 0.4) is 0 Å². The number of ether oxygens (including phenoxy) is 4.